The number of non-ortho nitro benzene ring substituents is 1. The van der Waals surface area contributed by atoms with Gasteiger partial charge in [0.2, 0.25) is 0 Å². The van der Waals surface area contributed by atoms with Gasteiger partial charge in [-0.05, 0) is 11.6 Å². The van der Waals surface area contributed by atoms with Gasteiger partial charge in [-0.15, -0.1) is 16.8 Å². The highest BCUT2D eigenvalue weighted by Gasteiger charge is 2.46. The summed E-state index contributed by atoms with van der Waals surface area (Å²) in [5.74, 6) is -0.0777. The van der Waals surface area contributed by atoms with Crippen LogP contribution < -0.4 is 0 Å². The van der Waals surface area contributed by atoms with Crippen LogP contribution in [-0.2, 0) is 10.5 Å². The number of nitrogens with zero attached hydrogens (tertiary/aromatic N) is 4. The molecule has 1 aromatic carbocycles. The van der Waals surface area contributed by atoms with Crippen LogP contribution in [0.2, 0.25) is 0 Å². The topological polar surface area (TPSA) is 95.9 Å². The van der Waals surface area contributed by atoms with Crippen LogP contribution in [0.3, 0.4) is 0 Å². The van der Waals surface area contributed by atoms with Gasteiger partial charge in [0.15, 0.2) is 5.92 Å². The highest BCUT2D eigenvalue weighted by atomic mass is 32.2. The Morgan fingerprint density at radius 3 is 2.88 bits per heavy atom. The van der Waals surface area contributed by atoms with Crippen LogP contribution in [-0.4, -0.2) is 52.5 Å². The van der Waals surface area contributed by atoms with Gasteiger partial charge in [-0.25, -0.2) is 4.79 Å². The maximum absolute atomic E-state index is 12.5. The Morgan fingerprint density at radius 2 is 2.16 bits per heavy atom. The first-order valence-electron chi connectivity index (χ1n) is 7.42. The molecule has 0 fully saturated rings. The molecule has 3 rings (SSSR count). The van der Waals surface area contributed by atoms with Crippen molar-refractivity contribution in [2.45, 2.75) is 5.75 Å². The molecule has 2 aliphatic rings. The summed E-state index contributed by atoms with van der Waals surface area (Å²) in [6, 6.07) is 5.96. The third-order valence-corrected chi connectivity index (χ3v) is 5.19. The lowest BCUT2D eigenvalue weighted by Crippen LogP contribution is -2.52. The van der Waals surface area contributed by atoms with E-state index in [1.165, 1.54) is 35.5 Å². The normalized spacial score (nSPS) is 19.8. The van der Waals surface area contributed by atoms with Gasteiger partial charge in [-0.2, -0.15) is 9.48 Å². The molecule has 0 aliphatic carbocycles. The highest BCUT2D eigenvalue weighted by molar-refractivity contribution is 8.02. The second-order valence-electron chi connectivity index (χ2n) is 5.59. The number of nitro benzene ring substituents is 1. The molecule has 1 atom stereocenters. The first-order valence-corrected chi connectivity index (χ1v) is 8.41. The lowest BCUT2D eigenvalue weighted by atomic mass is 10.0. The molecule has 0 N–H and O–H groups in total. The highest BCUT2D eigenvalue weighted by Crippen LogP contribution is 2.33. The van der Waals surface area contributed by atoms with E-state index < -0.39 is 16.9 Å². The van der Waals surface area contributed by atoms with Crippen molar-refractivity contribution >= 4 is 41.4 Å². The molecular formula is C16H15N4O4S+. The second-order valence-corrected chi connectivity index (χ2v) is 6.64. The number of allylic oxidation sites excluding steroid dienone is 1. The van der Waals surface area contributed by atoms with Crippen molar-refractivity contribution in [3.05, 3.63) is 50.9 Å². The van der Waals surface area contributed by atoms with Crippen molar-refractivity contribution in [3.63, 3.8) is 0 Å². The molecule has 0 saturated carbocycles. The fourth-order valence-electron chi connectivity index (χ4n) is 2.67. The summed E-state index contributed by atoms with van der Waals surface area (Å²) in [6.45, 7) is 0. The van der Waals surface area contributed by atoms with E-state index >= 15 is 0 Å². The molecule has 2 heterocycles. The van der Waals surface area contributed by atoms with E-state index in [0.29, 0.717) is 11.6 Å². The first-order chi connectivity index (χ1) is 11.9. The number of carbonyl (C=O) groups is 2. The second kappa shape index (κ2) is 6.60. The molecule has 3 amide bonds. The van der Waals surface area contributed by atoms with Crippen LogP contribution in [0.5, 0.6) is 0 Å². The SMILES string of the molecule is CN1C(=O)C2C(SCc3cccc([N+](=O)[O-])c3)=CC=NC2=[N+](C)C1=O. The van der Waals surface area contributed by atoms with Gasteiger partial charge in [0.1, 0.15) is 6.21 Å². The number of carbonyl (C=O) groups excluding carboxylic acids is 2. The van der Waals surface area contributed by atoms with E-state index in [1.54, 1.807) is 31.5 Å². The first kappa shape index (κ1) is 17.0. The van der Waals surface area contributed by atoms with Gasteiger partial charge in [0.05, 0.1) is 19.0 Å². The number of nitro groups is 1. The minimum Gasteiger partial charge on any atom is -0.258 e. The van der Waals surface area contributed by atoms with E-state index in [9.17, 15) is 19.7 Å². The smallest absolute Gasteiger partial charge is 0.258 e. The zero-order valence-electron chi connectivity index (χ0n) is 13.6. The molecule has 25 heavy (non-hydrogen) atoms. The Bertz CT molecular complexity index is 875. The summed E-state index contributed by atoms with van der Waals surface area (Å²) in [5, 5.41) is 10.9. The average molecular weight is 359 g/mol. The standard InChI is InChI=1S/C16H15N4O4S/c1-18-14-13(15(21)19(2)16(18)22)12(6-7-17-14)25-9-10-4-3-5-11(8-10)20(23)24/h3-8,13H,9H2,1-2H3/q+1. The monoisotopic (exact) mass is 359 g/mol. The summed E-state index contributed by atoms with van der Waals surface area (Å²) in [5.41, 5.74) is 0.813. The number of rotatable bonds is 4. The van der Waals surface area contributed by atoms with Crippen molar-refractivity contribution in [1.82, 2.24) is 4.90 Å². The molecule has 1 aromatic rings. The summed E-state index contributed by atoms with van der Waals surface area (Å²) < 4.78 is 1.36. The number of urea groups is 1. The van der Waals surface area contributed by atoms with Crippen molar-refractivity contribution < 1.29 is 19.1 Å². The summed E-state index contributed by atoms with van der Waals surface area (Å²) in [4.78, 5) is 41.0. The Balaban J connectivity index is 1.84. The average Bonchev–Trinajstić information content (AvgIpc) is 2.62. The van der Waals surface area contributed by atoms with E-state index in [2.05, 4.69) is 4.99 Å². The number of fused-ring (bicyclic) bond motifs is 1. The van der Waals surface area contributed by atoms with Crippen LogP contribution >= 0.6 is 11.8 Å². The Labute approximate surface area is 147 Å². The minimum absolute atomic E-state index is 0.0309. The zero-order chi connectivity index (χ0) is 18.1. The van der Waals surface area contributed by atoms with Gasteiger partial charge in [0, 0.05) is 22.8 Å². The van der Waals surface area contributed by atoms with E-state index in [-0.39, 0.29) is 11.6 Å². The molecule has 128 valence electrons. The van der Waals surface area contributed by atoms with Crippen molar-refractivity contribution in [3.8, 4) is 0 Å². The number of hydrogen-bond donors (Lipinski definition) is 0. The fraction of sp³-hybridized carbons (Fsp3) is 0.250. The van der Waals surface area contributed by atoms with Crippen LogP contribution in [0.4, 0.5) is 10.5 Å². The number of hydrogen-bond acceptors (Lipinski definition) is 6. The largest absolute Gasteiger partial charge is 0.445 e. The zero-order valence-corrected chi connectivity index (χ0v) is 14.4. The lowest BCUT2D eigenvalue weighted by molar-refractivity contribution is -0.407. The molecule has 0 aromatic heterocycles. The predicted octanol–water partition coefficient (Wildman–Crippen LogP) is 2.05. The van der Waals surface area contributed by atoms with Gasteiger partial charge >= 0.3 is 11.9 Å². The summed E-state index contributed by atoms with van der Waals surface area (Å²) in [6.07, 6.45) is 3.30. The van der Waals surface area contributed by atoms with Gasteiger partial charge in [0.25, 0.3) is 11.5 Å². The van der Waals surface area contributed by atoms with Gasteiger partial charge in [-0.1, -0.05) is 12.1 Å². The number of imide groups is 1. The molecule has 9 heteroatoms. The molecule has 0 bridgehead atoms. The Morgan fingerprint density at radius 1 is 1.40 bits per heavy atom. The molecule has 0 saturated heterocycles. The third kappa shape index (κ3) is 3.10. The van der Waals surface area contributed by atoms with E-state index in [1.807, 2.05) is 0 Å². The van der Waals surface area contributed by atoms with Crippen molar-refractivity contribution in [2.24, 2.45) is 10.9 Å². The maximum Gasteiger partial charge on any atom is 0.445 e. The van der Waals surface area contributed by atoms with Crippen LogP contribution in [0, 0.1) is 16.0 Å². The van der Waals surface area contributed by atoms with Crippen molar-refractivity contribution in [2.75, 3.05) is 14.1 Å². The number of thioether (sulfide) groups is 1. The summed E-state index contributed by atoms with van der Waals surface area (Å²) >= 11 is 1.41. The number of amidine groups is 1. The minimum atomic E-state index is -0.624. The number of amides is 3. The number of aliphatic imine (C=N–C) groups is 1. The van der Waals surface area contributed by atoms with Gasteiger partial charge < -0.3 is 0 Å². The molecule has 8 nitrogen and oxygen atoms in total. The number of dihydropyridines is 1. The maximum atomic E-state index is 12.5. The molecule has 0 radical (unpaired) electrons. The Hall–Kier alpha value is -2.81. The van der Waals surface area contributed by atoms with E-state index in [0.717, 1.165) is 15.4 Å². The molecule has 1 unspecified atom stereocenters. The third-order valence-electron chi connectivity index (χ3n) is 4.01. The van der Waals surface area contributed by atoms with Crippen LogP contribution in [0.1, 0.15) is 5.56 Å². The molecule has 0 spiro atoms. The fourth-order valence-corrected chi connectivity index (χ4v) is 3.71. The summed E-state index contributed by atoms with van der Waals surface area (Å²) in [7, 11) is 3.03. The Kier molecular flexibility index (Phi) is 4.49. The van der Waals surface area contributed by atoms with Crippen LogP contribution in [0.25, 0.3) is 0 Å². The van der Waals surface area contributed by atoms with Crippen molar-refractivity contribution in [1.29, 1.82) is 0 Å². The molecular weight excluding hydrogens is 344 g/mol. The molecule has 2 aliphatic heterocycles. The van der Waals surface area contributed by atoms with E-state index in [4.69, 9.17) is 0 Å². The number of benzene rings is 1. The lowest BCUT2D eigenvalue weighted by Gasteiger charge is -2.26. The van der Waals surface area contributed by atoms with Crippen LogP contribution in [0.15, 0.2) is 40.2 Å². The van der Waals surface area contributed by atoms with Gasteiger partial charge in [-0.3, -0.25) is 14.9 Å². The quantitative estimate of drug-likeness (QED) is 0.466. The predicted molar refractivity (Wildman–Crippen MR) is 93.8 cm³/mol.